The number of ether oxygens (including phenoxy) is 3. The van der Waals surface area contributed by atoms with Crippen LogP contribution in [-0.4, -0.2) is 17.8 Å². The molecule has 4 rings (SSSR count). The van der Waals surface area contributed by atoms with Crippen LogP contribution in [0.4, 0.5) is 13.2 Å². The average molecular weight is 489 g/mol. The van der Waals surface area contributed by atoms with Gasteiger partial charge in [-0.3, -0.25) is 0 Å². The highest BCUT2D eigenvalue weighted by Crippen LogP contribution is 2.34. The Balaban J connectivity index is 1.65. The van der Waals surface area contributed by atoms with Crippen LogP contribution >= 0.6 is 0 Å². The number of aromatic nitrogens is 1. The standard InChI is InChI=1S/C29H22F3NO3/c1-2-21-15-24(17-25(16-21)36-20-29(30,31)32)26-13-14-27(34-18-22-9-5-3-6-10-22)33-28(26)35-19-23-11-7-4-8-12-23/h1,3-17H,18-20H2. The number of hydrogen-bond donors (Lipinski definition) is 0. The fourth-order valence-electron chi connectivity index (χ4n) is 3.38. The van der Waals surface area contributed by atoms with Crippen molar-refractivity contribution in [1.29, 1.82) is 0 Å². The van der Waals surface area contributed by atoms with Gasteiger partial charge >= 0.3 is 6.18 Å². The van der Waals surface area contributed by atoms with E-state index >= 15 is 0 Å². The van der Waals surface area contributed by atoms with Gasteiger partial charge in [0, 0.05) is 17.2 Å². The first-order chi connectivity index (χ1) is 17.4. The lowest BCUT2D eigenvalue weighted by Gasteiger charge is -2.15. The van der Waals surface area contributed by atoms with Crippen LogP contribution in [0.15, 0.2) is 91.0 Å². The molecule has 0 amide bonds. The van der Waals surface area contributed by atoms with E-state index in [0.29, 0.717) is 29.2 Å². The number of halogens is 3. The predicted molar refractivity (Wildman–Crippen MR) is 131 cm³/mol. The Bertz CT molecular complexity index is 1330. The van der Waals surface area contributed by atoms with Crippen molar-refractivity contribution in [3.8, 4) is 41.0 Å². The first-order valence-electron chi connectivity index (χ1n) is 11.1. The third-order valence-corrected chi connectivity index (χ3v) is 5.07. The highest BCUT2D eigenvalue weighted by atomic mass is 19.4. The third-order valence-electron chi connectivity index (χ3n) is 5.07. The Kier molecular flexibility index (Phi) is 7.76. The molecule has 1 aromatic heterocycles. The minimum Gasteiger partial charge on any atom is -0.484 e. The molecule has 182 valence electrons. The van der Waals surface area contributed by atoms with E-state index in [-0.39, 0.29) is 18.2 Å². The monoisotopic (exact) mass is 489 g/mol. The van der Waals surface area contributed by atoms with Gasteiger partial charge in [-0.15, -0.1) is 6.42 Å². The molecule has 4 aromatic rings. The lowest BCUT2D eigenvalue weighted by Crippen LogP contribution is -2.19. The van der Waals surface area contributed by atoms with E-state index in [2.05, 4.69) is 10.9 Å². The quantitative estimate of drug-likeness (QED) is 0.242. The van der Waals surface area contributed by atoms with E-state index in [4.69, 9.17) is 20.6 Å². The molecule has 1 heterocycles. The zero-order valence-corrected chi connectivity index (χ0v) is 19.2. The fraction of sp³-hybridized carbons (Fsp3) is 0.138. The molecule has 3 aromatic carbocycles. The van der Waals surface area contributed by atoms with Crippen LogP contribution in [0.3, 0.4) is 0 Å². The normalized spacial score (nSPS) is 10.9. The number of pyridine rings is 1. The topological polar surface area (TPSA) is 40.6 Å². The van der Waals surface area contributed by atoms with Crippen LogP contribution in [0.25, 0.3) is 11.1 Å². The first kappa shape index (κ1) is 24.7. The number of alkyl halides is 3. The highest BCUT2D eigenvalue weighted by Gasteiger charge is 2.28. The predicted octanol–water partition coefficient (Wildman–Crippen LogP) is 6.83. The van der Waals surface area contributed by atoms with Gasteiger partial charge in [0.1, 0.15) is 19.0 Å². The van der Waals surface area contributed by atoms with Gasteiger partial charge in [0.05, 0.1) is 0 Å². The number of rotatable bonds is 9. The maximum absolute atomic E-state index is 12.7. The van der Waals surface area contributed by atoms with Crippen LogP contribution < -0.4 is 14.2 Å². The Hall–Kier alpha value is -4.44. The van der Waals surface area contributed by atoms with Crippen LogP contribution in [0.2, 0.25) is 0 Å². The molecule has 0 saturated carbocycles. The average Bonchev–Trinajstić information content (AvgIpc) is 2.90. The smallest absolute Gasteiger partial charge is 0.422 e. The van der Waals surface area contributed by atoms with Gasteiger partial charge < -0.3 is 14.2 Å². The summed E-state index contributed by atoms with van der Waals surface area (Å²) in [6.45, 7) is -0.884. The van der Waals surface area contributed by atoms with Gasteiger partial charge in [0.25, 0.3) is 0 Å². The van der Waals surface area contributed by atoms with Crippen LogP contribution in [0, 0.1) is 12.3 Å². The van der Waals surface area contributed by atoms with Crippen molar-refractivity contribution in [2.24, 2.45) is 0 Å². The van der Waals surface area contributed by atoms with Crippen molar-refractivity contribution < 1.29 is 27.4 Å². The van der Waals surface area contributed by atoms with Gasteiger partial charge in [-0.05, 0) is 41.0 Å². The molecule has 0 N–H and O–H groups in total. The third kappa shape index (κ3) is 7.03. The summed E-state index contributed by atoms with van der Waals surface area (Å²) < 4.78 is 54.9. The van der Waals surface area contributed by atoms with Crippen molar-refractivity contribution in [1.82, 2.24) is 4.98 Å². The van der Waals surface area contributed by atoms with Crippen molar-refractivity contribution >= 4 is 0 Å². The summed E-state index contributed by atoms with van der Waals surface area (Å²) >= 11 is 0. The number of benzene rings is 3. The summed E-state index contributed by atoms with van der Waals surface area (Å²) in [7, 11) is 0. The molecule has 0 fully saturated rings. The second-order valence-corrected chi connectivity index (χ2v) is 7.85. The Labute approximate surface area is 207 Å². The summed E-state index contributed by atoms with van der Waals surface area (Å²) in [4.78, 5) is 4.53. The zero-order valence-electron chi connectivity index (χ0n) is 19.2. The molecule has 0 aliphatic carbocycles. The molecule has 4 nitrogen and oxygen atoms in total. The Morgan fingerprint density at radius 3 is 2.00 bits per heavy atom. The van der Waals surface area contributed by atoms with Gasteiger partial charge in [0.2, 0.25) is 11.8 Å². The Morgan fingerprint density at radius 1 is 0.750 bits per heavy atom. The van der Waals surface area contributed by atoms with E-state index in [1.807, 2.05) is 60.7 Å². The van der Waals surface area contributed by atoms with E-state index in [9.17, 15) is 13.2 Å². The van der Waals surface area contributed by atoms with Crippen molar-refractivity contribution in [3.63, 3.8) is 0 Å². The van der Waals surface area contributed by atoms with Gasteiger partial charge in [-0.25, -0.2) is 0 Å². The number of hydrogen-bond acceptors (Lipinski definition) is 4. The summed E-state index contributed by atoms with van der Waals surface area (Å²) in [6, 6.07) is 27.1. The van der Waals surface area contributed by atoms with Gasteiger partial charge in [-0.1, -0.05) is 66.6 Å². The van der Waals surface area contributed by atoms with Gasteiger partial charge in [-0.2, -0.15) is 18.2 Å². The summed E-state index contributed by atoms with van der Waals surface area (Å²) in [5.74, 6) is 3.04. The molecule has 36 heavy (non-hydrogen) atoms. The molecule has 0 radical (unpaired) electrons. The minimum absolute atomic E-state index is 0.00353. The van der Waals surface area contributed by atoms with Crippen LogP contribution in [0.5, 0.6) is 17.5 Å². The number of terminal acetylenes is 1. The zero-order chi connectivity index (χ0) is 25.4. The van der Waals surface area contributed by atoms with Crippen LogP contribution in [-0.2, 0) is 13.2 Å². The lowest BCUT2D eigenvalue weighted by atomic mass is 10.0. The van der Waals surface area contributed by atoms with E-state index in [1.165, 1.54) is 12.1 Å². The molecule has 0 spiro atoms. The summed E-state index contributed by atoms with van der Waals surface area (Å²) in [6.07, 6.45) is 1.07. The molecule has 0 aliphatic rings. The van der Waals surface area contributed by atoms with E-state index in [1.54, 1.807) is 18.2 Å². The maximum atomic E-state index is 12.7. The van der Waals surface area contributed by atoms with Crippen molar-refractivity contribution in [2.75, 3.05) is 6.61 Å². The molecule has 0 saturated heterocycles. The summed E-state index contributed by atoms with van der Waals surface area (Å²) in [5.41, 5.74) is 3.30. The fourth-order valence-corrected chi connectivity index (χ4v) is 3.38. The molecule has 0 aliphatic heterocycles. The largest absolute Gasteiger partial charge is 0.484 e. The second-order valence-electron chi connectivity index (χ2n) is 7.85. The molecular weight excluding hydrogens is 467 g/mol. The highest BCUT2D eigenvalue weighted by molar-refractivity contribution is 5.72. The number of nitrogens with zero attached hydrogens (tertiary/aromatic N) is 1. The molecule has 0 unspecified atom stereocenters. The first-order valence-corrected chi connectivity index (χ1v) is 11.1. The van der Waals surface area contributed by atoms with E-state index < -0.39 is 12.8 Å². The molecule has 0 atom stereocenters. The van der Waals surface area contributed by atoms with Crippen molar-refractivity contribution in [2.45, 2.75) is 19.4 Å². The van der Waals surface area contributed by atoms with Gasteiger partial charge in [0.15, 0.2) is 6.61 Å². The molecular formula is C29H22F3NO3. The Morgan fingerprint density at radius 2 is 1.39 bits per heavy atom. The minimum atomic E-state index is -4.48. The summed E-state index contributed by atoms with van der Waals surface area (Å²) in [5, 5.41) is 0. The van der Waals surface area contributed by atoms with Crippen LogP contribution in [0.1, 0.15) is 16.7 Å². The van der Waals surface area contributed by atoms with Crippen molar-refractivity contribution in [3.05, 3.63) is 108 Å². The second kappa shape index (κ2) is 11.3. The molecule has 0 bridgehead atoms. The molecule has 7 heteroatoms. The SMILES string of the molecule is C#Cc1cc(OCC(F)(F)F)cc(-c2ccc(OCc3ccccc3)nc2OCc2ccccc2)c1. The maximum Gasteiger partial charge on any atom is 0.422 e. The van der Waals surface area contributed by atoms with E-state index in [0.717, 1.165) is 11.1 Å². The lowest BCUT2D eigenvalue weighted by molar-refractivity contribution is -0.153.